The van der Waals surface area contributed by atoms with Gasteiger partial charge in [0.15, 0.2) is 11.6 Å². The molecule has 22 heavy (non-hydrogen) atoms. The van der Waals surface area contributed by atoms with Crippen LogP contribution in [0.4, 0.5) is 4.39 Å². The highest BCUT2D eigenvalue weighted by atomic mass is 19.1. The quantitative estimate of drug-likeness (QED) is 0.780. The Labute approximate surface area is 127 Å². The molecule has 3 N–H and O–H groups in total. The molecule has 0 radical (unpaired) electrons. The summed E-state index contributed by atoms with van der Waals surface area (Å²) in [6, 6.07) is 3.16. The van der Waals surface area contributed by atoms with Crippen LogP contribution in [0.15, 0.2) is 12.1 Å². The molecule has 7 heteroatoms. The van der Waals surface area contributed by atoms with Crippen molar-refractivity contribution in [2.24, 2.45) is 0 Å². The molecule has 0 atom stereocenters. The molecule has 0 aliphatic rings. The Morgan fingerprint density at radius 3 is 2.68 bits per heavy atom. The molecular formula is C15H18FN3O3. The van der Waals surface area contributed by atoms with Crippen LogP contribution in [-0.2, 0) is 11.2 Å². The fourth-order valence-electron chi connectivity index (χ4n) is 2.38. The molecule has 118 valence electrons. The van der Waals surface area contributed by atoms with Crippen LogP contribution in [0.5, 0.6) is 5.75 Å². The zero-order valence-corrected chi connectivity index (χ0v) is 12.7. The molecule has 0 saturated heterocycles. The summed E-state index contributed by atoms with van der Waals surface area (Å²) >= 11 is 0. The largest absolute Gasteiger partial charge is 0.494 e. The summed E-state index contributed by atoms with van der Waals surface area (Å²) in [6.45, 7) is 1.71. The number of carbonyl (C=O) groups is 2. The number of nitrogens with one attached hydrogen (secondary N) is 3. The van der Waals surface area contributed by atoms with Gasteiger partial charge < -0.3 is 20.4 Å². The van der Waals surface area contributed by atoms with Gasteiger partial charge in [0.2, 0.25) is 5.91 Å². The summed E-state index contributed by atoms with van der Waals surface area (Å²) in [5, 5.41) is 5.47. The number of amides is 2. The SMILES string of the molecule is CNC(=O)c1[nH]c2ccc(OC)c(F)c2c1CCNC(C)=O. The molecule has 1 heterocycles. The Bertz CT molecular complexity index is 724. The summed E-state index contributed by atoms with van der Waals surface area (Å²) in [7, 11) is 2.88. The second-order valence-electron chi connectivity index (χ2n) is 4.80. The van der Waals surface area contributed by atoms with Gasteiger partial charge in [-0.15, -0.1) is 0 Å². The number of hydrogen-bond donors (Lipinski definition) is 3. The van der Waals surface area contributed by atoms with E-state index in [2.05, 4.69) is 15.6 Å². The van der Waals surface area contributed by atoms with Crippen molar-refractivity contribution < 1.29 is 18.7 Å². The van der Waals surface area contributed by atoms with E-state index < -0.39 is 5.82 Å². The number of H-pyrrole nitrogens is 1. The summed E-state index contributed by atoms with van der Waals surface area (Å²) in [5.41, 5.74) is 1.31. The van der Waals surface area contributed by atoms with Crippen LogP contribution in [0.1, 0.15) is 23.0 Å². The number of fused-ring (bicyclic) bond motifs is 1. The molecule has 1 aromatic heterocycles. The number of aromatic nitrogens is 1. The first kappa shape index (κ1) is 15.8. The van der Waals surface area contributed by atoms with Crippen molar-refractivity contribution in [3.8, 4) is 5.75 Å². The summed E-state index contributed by atoms with van der Waals surface area (Å²) in [4.78, 5) is 25.9. The number of hydrogen-bond acceptors (Lipinski definition) is 3. The fourth-order valence-corrected chi connectivity index (χ4v) is 2.38. The lowest BCUT2D eigenvalue weighted by Gasteiger charge is -2.07. The molecule has 0 spiro atoms. The van der Waals surface area contributed by atoms with Gasteiger partial charge in [-0.25, -0.2) is 4.39 Å². The van der Waals surface area contributed by atoms with Gasteiger partial charge in [-0.3, -0.25) is 9.59 Å². The number of benzene rings is 1. The Morgan fingerprint density at radius 2 is 2.09 bits per heavy atom. The third-order valence-corrected chi connectivity index (χ3v) is 3.39. The first-order valence-electron chi connectivity index (χ1n) is 6.83. The van der Waals surface area contributed by atoms with E-state index in [1.807, 2.05) is 0 Å². The summed E-state index contributed by atoms with van der Waals surface area (Å²) < 4.78 is 19.5. The van der Waals surface area contributed by atoms with Crippen molar-refractivity contribution in [2.45, 2.75) is 13.3 Å². The topological polar surface area (TPSA) is 83.2 Å². The normalized spacial score (nSPS) is 10.5. The maximum Gasteiger partial charge on any atom is 0.267 e. The lowest BCUT2D eigenvalue weighted by atomic mass is 10.1. The van der Waals surface area contributed by atoms with Gasteiger partial charge in [-0.1, -0.05) is 0 Å². The van der Waals surface area contributed by atoms with Gasteiger partial charge in [0, 0.05) is 31.4 Å². The molecule has 2 amide bonds. The van der Waals surface area contributed by atoms with E-state index in [0.29, 0.717) is 29.4 Å². The molecule has 0 bridgehead atoms. The first-order valence-corrected chi connectivity index (χ1v) is 6.83. The van der Waals surface area contributed by atoms with E-state index in [9.17, 15) is 14.0 Å². The van der Waals surface area contributed by atoms with Crippen molar-refractivity contribution in [2.75, 3.05) is 20.7 Å². The zero-order chi connectivity index (χ0) is 16.3. The van der Waals surface area contributed by atoms with E-state index in [0.717, 1.165) is 0 Å². The van der Waals surface area contributed by atoms with Gasteiger partial charge in [0.1, 0.15) is 5.69 Å². The minimum atomic E-state index is -0.524. The average molecular weight is 307 g/mol. The lowest BCUT2D eigenvalue weighted by Crippen LogP contribution is -2.24. The Balaban J connectivity index is 2.55. The minimum absolute atomic E-state index is 0.107. The maximum absolute atomic E-state index is 14.5. The number of rotatable bonds is 5. The van der Waals surface area contributed by atoms with Gasteiger partial charge >= 0.3 is 0 Å². The fraction of sp³-hybridized carbons (Fsp3) is 0.333. The molecule has 0 saturated carbocycles. The molecule has 0 fully saturated rings. The molecule has 0 aliphatic heterocycles. The van der Waals surface area contributed by atoms with Gasteiger partial charge in [0.25, 0.3) is 5.91 Å². The molecule has 2 aromatic rings. The van der Waals surface area contributed by atoms with Gasteiger partial charge in [-0.05, 0) is 24.1 Å². The number of halogens is 1. The van der Waals surface area contributed by atoms with E-state index >= 15 is 0 Å². The van der Waals surface area contributed by atoms with Crippen LogP contribution in [0, 0.1) is 5.82 Å². The van der Waals surface area contributed by atoms with Crippen molar-refractivity contribution in [1.82, 2.24) is 15.6 Å². The molecule has 2 rings (SSSR count). The summed E-state index contributed by atoms with van der Waals surface area (Å²) in [6.07, 6.45) is 0.326. The number of ether oxygens (including phenoxy) is 1. The third-order valence-electron chi connectivity index (χ3n) is 3.39. The van der Waals surface area contributed by atoms with E-state index in [1.165, 1.54) is 27.1 Å². The van der Waals surface area contributed by atoms with Crippen molar-refractivity contribution >= 4 is 22.7 Å². The van der Waals surface area contributed by atoms with Gasteiger partial charge in [0.05, 0.1) is 7.11 Å². The average Bonchev–Trinajstić information content (AvgIpc) is 2.86. The molecule has 6 nitrogen and oxygen atoms in total. The van der Waals surface area contributed by atoms with Crippen molar-refractivity contribution in [3.63, 3.8) is 0 Å². The third kappa shape index (κ3) is 2.88. The van der Waals surface area contributed by atoms with Gasteiger partial charge in [-0.2, -0.15) is 0 Å². The minimum Gasteiger partial charge on any atom is -0.494 e. The Morgan fingerprint density at radius 1 is 1.36 bits per heavy atom. The van der Waals surface area contributed by atoms with Crippen LogP contribution >= 0.6 is 0 Å². The lowest BCUT2D eigenvalue weighted by molar-refractivity contribution is -0.118. The standard InChI is InChI=1S/C15H18FN3O3/c1-8(20)18-7-6-9-12-10(19-14(9)15(21)17-2)4-5-11(22-3)13(12)16/h4-5,19H,6-7H2,1-3H3,(H,17,21)(H,18,20). The van der Waals surface area contributed by atoms with Crippen LogP contribution < -0.4 is 15.4 Å². The van der Waals surface area contributed by atoms with E-state index in [4.69, 9.17) is 4.74 Å². The van der Waals surface area contributed by atoms with Crippen LogP contribution in [0.2, 0.25) is 0 Å². The van der Waals surface area contributed by atoms with Crippen LogP contribution in [0.25, 0.3) is 10.9 Å². The maximum atomic E-state index is 14.5. The molecule has 0 aliphatic carbocycles. The molecular weight excluding hydrogens is 289 g/mol. The summed E-state index contributed by atoms with van der Waals surface area (Å²) in [5.74, 6) is -0.938. The zero-order valence-electron chi connectivity index (χ0n) is 12.7. The van der Waals surface area contributed by atoms with Crippen molar-refractivity contribution in [1.29, 1.82) is 0 Å². The number of aromatic amines is 1. The highest BCUT2D eigenvalue weighted by Gasteiger charge is 2.21. The van der Waals surface area contributed by atoms with Crippen LogP contribution in [-0.4, -0.2) is 37.5 Å². The smallest absolute Gasteiger partial charge is 0.267 e. The molecule has 1 aromatic carbocycles. The highest BCUT2D eigenvalue weighted by Crippen LogP contribution is 2.31. The van der Waals surface area contributed by atoms with E-state index in [-0.39, 0.29) is 23.3 Å². The number of methoxy groups -OCH3 is 1. The van der Waals surface area contributed by atoms with Crippen LogP contribution in [0.3, 0.4) is 0 Å². The predicted molar refractivity (Wildman–Crippen MR) is 80.6 cm³/mol. The second kappa shape index (κ2) is 6.46. The highest BCUT2D eigenvalue weighted by molar-refractivity contribution is 6.01. The predicted octanol–water partition coefficient (Wildman–Crippen LogP) is 1.35. The second-order valence-corrected chi connectivity index (χ2v) is 4.80. The Hall–Kier alpha value is -2.57. The van der Waals surface area contributed by atoms with E-state index in [1.54, 1.807) is 6.07 Å². The first-order chi connectivity index (χ1) is 10.5. The number of carbonyl (C=O) groups excluding carboxylic acids is 2. The molecule has 0 unspecified atom stereocenters. The Kier molecular flexibility index (Phi) is 4.65. The van der Waals surface area contributed by atoms with Crippen molar-refractivity contribution in [3.05, 3.63) is 29.2 Å². The monoisotopic (exact) mass is 307 g/mol.